The highest BCUT2D eigenvalue weighted by Crippen LogP contribution is 2.48. The predicted molar refractivity (Wildman–Crippen MR) is 63.7 cm³/mol. The number of rotatable bonds is 5. The number of carbonyl (C=O) groups excluding carboxylic acids is 1. The monoisotopic (exact) mass is 286 g/mol. The molecule has 88 valence electrons. The molecule has 16 heavy (non-hydrogen) atoms. The second kappa shape index (κ2) is 4.57. The van der Waals surface area contributed by atoms with Gasteiger partial charge in [-0.1, -0.05) is 15.9 Å². The molecule has 1 aliphatic rings. The highest BCUT2D eigenvalue weighted by molar-refractivity contribution is 9.09. The minimum atomic E-state index is -0.157. The molecule has 2 rings (SSSR count). The summed E-state index contributed by atoms with van der Waals surface area (Å²) in [6.07, 6.45) is 4.82. The van der Waals surface area contributed by atoms with Crippen molar-refractivity contribution in [2.24, 2.45) is 5.41 Å². The van der Waals surface area contributed by atoms with Crippen LogP contribution in [0.4, 0.5) is 0 Å². The van der Waals surface area contributed by atoms with Gasteiger partial charge >= 0.3 is 0 Å². The fourth-order valence-electron chi connectivity index (χ4n) is 1.76. The zero-order chi connectivity index (χ0) is 11.6. The molecule has 1 heterocycles. The molecule has 0 aliphatic heterocycles. The number of aromatic nitrogens is 1. The van der Waals surface area contributed by atoms with Gasteiger partial charge in [0, 0.05) is 11.9 Å². The summed E-state index contributed by atoms with van der Waals surface area (Å²) in [5, 5.41) is 3.91. The van der Waals surface area contributed by atoms with Gasteiger partial charge in [0.15, 0.2) is 6.39 Å². The lowest BCUT2D eigenvalue weighted by molar-refractivity contribution is 0.0916. The zero-order valence-electron chi connectivity index (χ0n) is 9.25. The molecule has 1 aromatic heterocycles. The summed E-state index contributed by atoms with van der Waals surface area (Å²) < 4.78 is 5.04. The maximum Gasteiger partial charge on any atom is 0.289 e. The highest BCUT2D eigenvalue weighted by Gasteiger charge is 2.41. The number of carbonyl (C=O) groups is 1. The molecule has 1 aromatic rings. The predicted octanol–water partition coefficient (Wildman–Crippen LogP) is 2.28. The van der Waals surface area contributed by atoms with Crippen molar-refractivity contribution in [2.75, 3.05) is 11.9 Å². The van der Waals surface area contributed by atoms with Crippen molar-refractivity contribution >= 4 is 21.8 Å². The highest BCUT2D eigenvalue weighted by atomic mass is 79.9. The van der Waals surface area contributed by atoms with Crippen molar-refractivity contribution in [2.45, 2.75) is 26.2 Å². The molecular formula is C11H15BrN2O2. The van der Waals surface area contributed by atoms with Crippen LogP contribution in [0.25, 0.3) is 0 Å². The lowest BCUT2D eigenvalue weighted by atomic mass is 10.0. The normalized spacial score (nSPS) is 17.1. The van der Waals surface area contributed by atoms with Gasteiger partial charge < -0.3 is 9.73 Å². The molecule has 1 saturated carbocycles. The Hall–Kier alpha value is -0.840. The first kappa shape index (κ1) is 11.6. The quantitative estimate of drug-likeness (QED) is 0.845. The maximum atomic E-state index is 11.7. The van der Waals surface area contributed by atoms with Crippen molar-refractivity contribution in [1.82, 2.24) is 10.3 Å². The number of hydrogen-bond donors (Lipinski definition) is 1. The van der Waals surface area contributed by atoms with E-state index in [1.54, 1.807) is 6.92 Å². The lowest BCUT2D eigenvalue weighted by Crippen LogP contribution is -2.30. The number of alkyl halides is 1. The molecule has 0 bridgehead atoms. The van der Waals surface area contributed by atoms with E-state index in [0.717, 1.165) is 18.3 Å². The van der Waals surface area contributed by atoms with E-state index in [2.05, 4.69) is 26.2 Å². The van der Waals surface area contributed by atoms with E-state index < -0.39 is 0 Å². The van der Waals surface area contributed by atoms with Crippen molar-refractivity contribution in [1.29, 1.82) is 0 Å². The van der Waals surface area contributed by atoms with Crippen LogP contribution >= 0.6 is 15.9 Å². The second-order valence-electron chi connectivity index (χ2n) is 4.39. The smallest absolute Gasteiger partial charge is 0.289 e. The van der Waals surface area contributed by atoms with Crippen LogP contribution in [0.5, 0.6) is 0 Å². The van der Waals surface area contributed by atoms with Gasteiger partial charge in [0.25, 0.3) is 5.91 Å². The molecule has 1 amide bonds. The molecule has 1 fully saturated rings. The number of halogens is 1. The second-order valence-corrected chi connectivity index (χ2v) is 5.18. The van der Waals surface area contributed by atoms with Crippen LogP contribution in [-0.2, 0) is 0 Å². The molecule has 1 aliphatic carbocycles. The van der Waals surface area contributed by atoms with Crippen molar-refractivity contribution in [3.05, 3.63) is 17.8 Å². The fraction of sp³-hybridized carbons (Fsp3) is 0.636. The minimum Gasteiger partial charge on any atom is -0.438 e. The van der Waals surface area contributed by atoms with Crippen LogP contribution in [0.1, 0.15) is 35.5 Å². The number of nitrogens with one attached hydrogen (secondary N) is 1. The van der Waals surface area contributed by atoms with E-state index in [9.17, 15) is 4.79 Å². The Morgan fingerprint density at radius 1 is 1.69 bits per heavy atom. The van der Waals surface area contributed by atoms with Crippen molar-refractivity contribution < 1.29 is 9.21 Å². The summed E-state index contributed by atoms with van der Waals surface area (Å²) in [6.45, 7) is 2.50. The minimum absolute atomic E-state index is 0.157. The number of amides is 1. The van der Waals surface area contributed by atoms with Crippen LogP contribution < -0.4 is 5.32 Å². The van der Waals surface area contributed by atoms with Gasteiger partial charge in [-0.05, 0) is 31.6 Å². The Bertz CT molecular complexity index is 385. The first-order valence-corrected chi connectivity index (χ1v) is 6.53. The summed E-state index contributed by atoms with van der Waals surface area (Å²) in [5.74, 6) is 0.172. The van der Waals surface area contributed by atoms with Crippen molar-refractivity contribution in [3.8, 4) is 0 Å². The van der Waals surface area contributed by atoms with E-state index in [1.165, 1.54) is 19.2 Å². The van der Waals surface area contributed by atoms with Gasteiger partial charge in [-0.2, -0.15) is 0 Å². The average molecular weight is 287 g/mol. The van der Waals surface area contributed by atoms with Crippen LogP contribution in [0.15, 0.2) is 10.8 Å². The van der Waals surface area contributed by atoms with Gasteiger partial charge in [-0.25, -0.2) is 4.98 Å². The molecule has 0 radical (unpaired) electrons. The number of oxazole rings is 1. The molecule has 0 spiro atoms. The third kappa shape index (κ3) is 2.45. The average Bonchev–Trinajstić information content (AvgIpc) is 2.89. The fourth-order valence-corrected chi connectivity index (χ4v) is 2.60. The molecular weight excluding hydrogens is 272 g/mol. The van der Waals surface area contributed by atoms with Crippen LogP contribution in [0.2, 0.25) is 0 Å². The molecule has 0 saturated heterocycles. The summed E-state index contributed by atoms with van der Waals surface area (Å²) >= 11 is 3.44. The van der Waals surface area contributed by atoms with Crippen LogP contribution in [0, 0.1) is 12.3 Å². The van der Waals surface area contributed by atoms with Gasteiger partial charge in [0.1, 0.15) is 0 Å². The van der Waals surface area contributed by atoms with Gasteiger partial charge in [0.2, 0.25) is 5.76 Å². The first-order valence-electron chi connectivity index (χ1n) is 5.41. The molecule has 4 nitrogen and oxygen atoms in total. The Labute approximate surface area is 103 Å². The SMILES string of the molecule is Cc1ncoc1C(=O)NCC1(CCBr)CC1. The number of aryl methyl sites for hydroxylation is 1. The van der Waals surface area contributed by atoms with Crippen molar-refractivity contribution in [3.63, 3.8) is 0 Å². The maximum absolute atomic E-state index is 11.7. The van der Waals surface area contributed by atoms with E-state index in [0.29, 0.717) is 16.9 Å². The lowest BCUT2D eigenvalue weighted by Gasteiger charge is -2.13. The molecule has 0 unspecified atom stereocenters. The van der Waals surface area contributed by atoms with E-state index in [1.807, 2.05) is 0 Å². The Kier molecular flexibility index (Phi) is 3.33. The zero-order valence-corrected chi connectivity index (χ0v) is 10.8. The Balaban J connectivity index is 1.87. The topological polar surface area (TPSA) is 55.1 Å². The summed E-state index contributed by atoms with van der Waals surface area (Å²) in [7, 11) is 0. The molecule has 0 aromatic carbocycles. The van der Waals surface area contributed by atoms with Gasteiger partial charge in [-0.3, -0.25) is 4.79 Å². The van der Waals surface area contributed by atoms with Crippen LogP contribution in [0.3, 0.4) is 0 Å². The largest absolute Gasteiger partial charge is 0.438 e. The molecule has 1 N–H and O–H groups in total. The number of hydrogen-bond acceptors (Lipinski definition) is 3. The summed E-state index contributed by atoms with van der Waals surface area (Å²) in [5.41, 5.74) is 0.968. The summed E-state index contributed by atoms with van der Waals surface area (Å²) in [6, 6.07) is 0. The van der Waals surface area contributed by atoms with E-state index >= 15 is 0 Å². The van der Waals surface area contributed by atoms with Crippen LogP contribution in [-0.4, -0.2) is 22.8 Å². The summed E-state index contributed by atoms with van der Waals surface area (Å²) in [4.78, 5) is 15.6. The Morgan fingerprint density at radius 2 is 2.44 bits per heavy atom. The van der Waals surface area contributed by atoms with Gasteiger partial charge in [-0.15, -0.1) is 0 Å². The molecule has 5 heteroatoms. The first-order chi connectivity index (χ1) is 7.67. The van der Waals surface area contributed by atoms with E-state index in [-0.39, 0.29) is 5.91 Å². The third-order valence-corrected chi connectivity index (χ3v) is 3.55. The Morgan fingerprint density at radius 3 is 2.94 bits per heavy atom. The third-order valence-electron chi connectivity index (χ3n) is 3.16. The standard InChI is InChI=1S/C11H15BrN2O2/c1-8-9(16-7-14-8)10(15)13-6-11(2-3-11)4-5-12/h7H,2-6H2,1H3,(H,13,15). The number of nitrogens with zero attached hydrogens (tertiary/aromatic N) is 1. The van der Waals surface area contributed by atoms with Gasteiger partial charge in [0.05, 0.1) is 5.69 Å². The molecule has 0 atom stereocenters. The van der Waals surface area contributed by atoms with E-state index in [4.69, 9.17) is 4.42 Å².